The first kappa shape index (κ1) is 16.0. The van der Waals surface area contributed by atoms with Crippen LogP contribution in [0, 0.1) is 24.7 Å². The van der Waals surface area contributed by atoms with Gasteiger partial charge in [-0.05, 0) is 43.1 Å². The number of aromatic nitrogens is 1. The zero-order chi connectivity index (χ0) is 15.4. The average Bonchev–Trinajstić information content (AvgIpc) is 2.41. The number of pyridine rings is 1. The number of carbonyl (C=O) groups excluding carboxylic acids is 1. The van der Waals surface area contributed by atoms with Gasteiger partial charge in [0.25, 0.3) is 0 Å². The van der Waals surface area contributed by atoms with E-state index in [1.54, 1.807) is 0 Å². The molecule has 0 spiro atoms. The van der Waals surface area contributed by atoms with Crippen LogP contribution in [0.2, 0.25) is 0 Å². The van der Waals surface area contributed by atoms with Gasteiger partial charge in [0.2, 0.25) is 6.54 Å². The van der Waals surface area contributed by atoms with Crippen LogP contribution in [0.1, 0.15) is 45.6 Å². The average molecular weight is 290 g/mol. The topological polar surface area (TPSA) is 30.2 Å². The number of esters is 1. The van der Waals surface area contributed by atoms with Crippen LogP contribution < -0.4 is 4.57 Å². The molecule has 1 saturated carbocycles. The van der Waals surface area contributed by atoms with Crippen molar-refractivity contribution in [2.45, 2.75) is 59.6 Å². The molecule has 3 heteroatoms. The second-order valence-electron chi connectivity index (χ2n) is 6.90. The van der Waals surface area contributed by atoms with Crippen molar-refractivity contribution in [2.75, 3.05) is 0 Å². The van der Waals surface area contributed by atoms with E-state index in [0.29, 0.717) is 24.3 Å². The molecule has 116 valence electrons. The van der Waals surface area contributed by atoms with Crippen LogP contribution in [0.25, 0.3) is 0 Å². The third-order valence-corrected chi connectivity index (χ3v) is 4.61. The molecule has 0 aromatic carbocycles. The minimum absolute atomic E-state index is 0.0901. The molecule has 1 aliphatic rings. The molecular weight excluding hydrogens is 262 g/mol. The van der Waals surface area contributed by atoms with Crippen LogP contribution in [0.3, 0.4) is 0 Å². The van der Waals surface area contributed by atoms with E-state index in [4.69, 9.17) is 4.74 Å². The summed E-state index contributed by atoms with van der Waals surface area (Å²) in [7, 11) is 0. The van der Waals surface area contributed by atoms with Crippen molar-refractivity contribution in [2.24, 2.45) is 17.8 Å². The fourth-order valence-electron chi connectivity index (χ4n) is 3.24. The molecule has 0 N–H and O–H groups in total. The molecule has 1 aromatic rings. The van der Waals surface area contributed by atoms with Gasteiger partial charge in [0.1, 0.15) is 6.10 Å². The number of hydrogen-bond donors (Lipinski definition) is 0. The van der Waals surface area contributed by atoms with Crippen molar-refractivity contribution >= 4 is 5.97 Å². The molecule has 0 aliphatic heterocycles. The Kier molecular flexibility index (Phi) is 5.38. The molecule has 21 heavy (non-hydrogen) atoms. The molecule has 0 saturated heterocycles. The third-order valence-electron chi connectivity index (χ3n) is 4.61. The van der Waals surface area contributed by atoms with Gasteiger partial charge >= 0.3 is 5.97 Å². The van der Waals surface area contributed by atoms with Gasteiger partial charge in [0.15, 0.2) is 12.4 Å². The van der Waals surface area contributed by atoms with Crippen LogP contribution in [-0.2, 0) is 16.1 Å². The van der Waals surface area contributed by atoms with Crippen molar-refractivity contribution in [1.29, 1.82) is 0 Å². The summed E-state index contributed by atoms with van der Waals surface area (Å²) in [6, 6.07) is 4.01. The van der Waals surface area contributed by atoms with Crippen molar-refractivity contribution in [3.63, 3.8) is 0 Å². The molecule has 1 fully saturated rings. The van der Waals surface area contributed by atoms with E-state index in [-0.39, 0.29) is 12.1 Å². The number of rotatable bonds is 4. The van der Waals surface area contributed by atoms with E-state index in [2.05, 4.69) is 20.8 Å². The Hall–Kier alpha value is -1.38. The maximum Gasteiger partial charge on any atom is 0.372 e. The molecule has 1 aromatic heterocycles. The molecule has 1 heterocycles. The first-order valence-electron chi connectivity index (χ1n) is 8.11. The van der Waals surface area contributed by atoms with Crippen molar-refractivity contribution in [3.05, 3.63) is 30.1 Å². The van der Waals surface area contributed by atoms with Crippen LogP contribution in [0.5, 0.6) is 0 Å². The van der Waals surface area contributed by atoms with Gasteiger partial charge in [-0.1, -0.05) is 27.2 Å². The summed E-state index contributed by atoms with van der Waals surface area (Å²) < 4.78 is 7.69. The molecule has 3 atom stereocenters. The summed E-state index contributed by atoms with van der Waals surface area (Å²) in [6.45, 7) is 9.06. The molecule has 0 bridgehead atoms. The largest absolute Gasteiger partial charge is 0.457 e. The lowest BCUT2D eigenvalue weighted by Crippen LogP contribution is -2.42. The molecular formula is C18H28NO2+. The second-order valence-corrected chi connectivity index (χ2v) is 6.90. The van der Waals surface area contributed by atoms with Gasteiger partial charge in [-0.2, -0.15) is 4.57 Å². The zero-order valence-corrected chi connectivity index (χ0v) is 13.7. The Morgan fingerprint density at radius 2 is 2.00 bits per heavy atom. The maximum absolute atomic E-state index is 12.2. The van der Waals surface area contributed by atoms with Crippen LogP contribution in [-0.4, -0.2) is 12.1 Å². The Bertz CT molecular complexity index is 467. The summed E-state index contributed by atoms with van der Waals surface area (Å²) in [5, 5.41) is 0. The third kappa shape index (κ3) is 4.55. The highest BCUT2D eigenvalue weighted by molar-refractivity contribution is 5.67. The van der Waals surface area contributed by atoms with Crippen molar-refractivity contribution in [3.8, 4) is 0 Å². The number of aryl methyl sites for hydroxylation is 1. The summed E-state index contributed by atoms with van der Waals surface area (Å²) in [5.74, 6) is 1.62. The second kappa shape index (κ2) is 7.06. The molecule has 1 aliphatic carbocycles. The predicted molar refractivity (Wildman–Crippen MR) is 82.6 cm³/mol. The highest BCUT2D eigenvalue weighted by Gasteiger charge is 2.33. The minimum atomic E-state index is -0.117. The standard InChI is InChI=1S/C18H28NO2/c1-13(2)16-6-5-15(4)11-17(16)21-18(20)12-19-9-7-14(3)8-10-19/h7-10,13,15-17H,5-6,11-12H2,1-4H3/q+1/t15-,16-,17-/m0/s1. The minimum Gasteiger partial charge on any atom is -0.457 e. The smallest absolute Gasteiger partial charge is 0.372 e. The molecule has 3 nitrogen and oxygen atoms in total. The summed E-state index contributed by atoms with van der Waals surface area (Å²) in [5.41, 5.74) is 1.19. The van der Waals surface area contributed by atoms with E-state index in [0.717, 1.165) is 6.42 Å². The Labute approximate surface area is 128 Å². The fourth-order valence-corrected chi connectivity index (χ4v) is 3.24. The summed E-state index contributed by atoms with van der Waals surface area (Å²) in [6.07, 6.45) is 7.39. The summed E-state index contributed by atoms with van der Waals surface area (Å²) in [4.78, 5) is 12.2. The number of hydrogen-bond acceptors (Lipinski definition) is 2. The Morgan fingerprint density at radius 1 is 1.33 bits per heavy atom. The Balaban J connectivity index is 1.94. The van der Waals surface area contributed by atoms with E-state index in [1.165, 1.54) is 18.4 Å². The lowest BCUT2D eigenvalue weighted by Gasteiger charge is -2.36. The monoisotopic (exact) mass is 290 g/mol. The van der Waals surface area contributed by atoms with Gasteiger partial charge in [0, 0.05) is 12.1 Å². The normalized spacial score (nSPS) is 25.9. The van der Waals surface area contributed by atoms with Gasteiger partial charge < -0.3 is 4.74 Å². The fraction of sp³-hybridized carbons (Fsp3) is 0.667. The SMILES string of the molecule is Cc1cc[n+](CC(=O)O[C@H]2C[C@@H](C)CC[C@H]2C(C)C)cc1. The number of nitrogens with zero attached hydrogens (tertiary/aromatic N) is 1. The number of ether oxygens (including phenoxy) is 1. The van der Waals surface area contributed by atoms with Crippen molar-refractivity contribution < 1.29 is 14.1 Å². The van der Waals surface area contributed by atoms with E-state index in [9.17, 15) is 4.79 Å². The first-order chi connectivity index (χ1) is 9.95. The highest BCUT2D eigenvalue weighted by atomic mass is 16.5. The van der Waals surface area contributed by atoms with Crippen LogP contribution in [0.15, 0.2) is 24.5 Å². The molecule has 2 rings (SSSR count). The lowest BCUT2D eigenvalue weighted by atomic mass is 9.75. The van der Waals surface area contributed by atoms with E-state index >= 15 is 0 Å². The van der Waals surface area contributed by atoms with E-state index in [1.807, 2.05) is 36.0 Å². The van der Waals surface area contributed by atoms with Crippen LogP contribution >= 0.6 is 0 Å². The zero-order valence-electron chi connectivity index (χ0n) is 13.7. The molecule has 0 unspecified atom stereocenters. The Morgan fingerprint density at radius 3 is 2.62 bits per heavy atom. The quantitative estimate of drug-likeness (QED) is 0.629. The number of carbonyl (C=O) groups is 1. The highest BCUT2D eigenvalue weighted by Crippen LogP contribution is 2.35. The van der Waals surface area contributed by atoms with Crippen LogP contribution in [0.4, 0.5) is 0 Å². The van der Waals surface area contributed by atoms with Gasteiger partial charge in [-0.15, -0.1) is 0 Å². The first-order valence-corrected chi connectivity index (χ1v) is 8.11. The maximum atomic E-state index is 12.2. The van der Waals surface area contributed by atoms with Gasteiger partial charge in [-0.3, -0.25) is 0 Å². The van der Waals surface area contributed by atoms with Gasteiger partial charge in [-0.25, -0.2) is 4.79 Å². The van der Waals surface area contributed by atoms with Gasteiger partial charge in [0.05, 0.1) is 0 Å². The molecule has 0 radical (unpaired) electrons. The molecule has 0 amide bonds. The van der Waals surface area contributed by atoms with Crippen molar-refractivity contribution in [1.82, 2.24) is 0 Å². The lowest BCUT2D eigenvalue weighted by molar-refractivity contribution is -0.686. The summed E-state index contributed by atoms with van der Waals surface area (Å²) >= 11 is 0. The predicted octanol–water partition coefficient (Wildman–Crippen LogP) is 3.29. The van der Waals surface area contributed by atoms with E-state index < -0.39 is 0 Å².